The molecule has 176 valence electrons. The van der Waals surface area contributed by atoms with Crippen LogP contribution < -0.4 is 5.32 Å². The molecule has 1 aliphatic heterocycles. The number of nitrogens with zero attached hydrogens (tertiary/aromatic N) is 4. The van der Waals surface area contributed by atoms with Crippen LogP contribution in [0.15, 0.2) is 48.7 Å². The van der Waals surface area contributed by atoms with Gasteiger partial charge in [-0.05, 0) is 55.5 Å². The van der Waals surface area contributed by atoms with Crippen LogP contribution >= 0.6 is 0 Å². The zero-order valence-corrected chi connectivity index (χ0v) is 20.3. The first-order chi connectivity index (χ1) is 16.1. The predicted molar refractivity (Wildman–Crippen MR) is 134 cm³/mol. The van der Waals surface area contributed by atoms with Crippen LogP contribution in [0.4, 0.5) is 0 Å². The lowest BCUT2D eigenvalue weighted by Crippen LogP contribution is -2.32. The number of pyridine rings is 1. The highest BCUT2D eigenvalue weighted by molar-refractivity contribution is 5.94. The summed E-state index contributed by atoms with van der Waals surface area (Å²) in [6, 6.07) is 14.7. The van der Waals surface area contributed by atoms with Gasteiger partial charge in [0.25, 0.3) is 5.91 Å². The number of hydrogen-bond acceptors (Lipinski definition) is 4. The van der Waals surface area contributed by atoms with Crippen LogP contribution in [0.5, 0.6) is 0 Å². The minimum atomic E-state index is 0.00423. The van der Waals surface area contributed by atoms with Crippen LogP contribution in [0.3, 0.4) is 0 Å². The standard InChI is InChI=1S/C27H37N5O/c1-4-5-15-30(3)27(33)26-24(32-16-9-8-12-25(32)29-26)19-28-14-18-31-17-13-22(20-31)23-11-7-6-10-21(23)2/h6-12,16,22,28H,4-5,13-15,17-20H2,1-3H3. The van der Waals surface area contributed by atoms with E-state index in [1.807, 2.05) is 35.8 Å². The fourth-order valence-corrected chi connectivity index (χ4v) is 4.84. The van der Waals surface area contributed by atoms with Gasteiger partial charge < -0.3 is 19.5 Å². The molecule has 6 nitrogen and oxygen atoms in total. The second-order valence-corrected chi connectivity index (χ2v) is 9.24. The Balaban J connectivity index is 1.35. The molecule has 0 bridgehead atoms. The van der Waals surface area contributed by atoms with E-state index in [2.05, 4.69) is 53.3 Å². The molecule has 1 atom stereocenters. The van der Waals surface area contributed by atoms with Crippen molar-refractivity contribution >= 4 is 11.6 Å². The van der Waals surface area contributed by atoms with Crippen molar-refractivity contribution in [3.63, 3.8) is 0 Å². The van der Waals surface area contributed by atoms with Gasteiger partial charge in [-0.25, -0.2) is 4.98 Å². The van der Waals surface area contributed by atoms with Crippen molar-refractivity contribution < 1.29 is 4.79 Å². The Morgan fingerprint density at radius 3 is 2.85 bits per heavy atom. The first kappa shape index (κ1) is 23.5. The van der Waals surface area contributed by atoms with Crippen molar-refractivity contribution in [1.82, 2.24) is 24.5 Å². The van der Waals surface area contributed by atoms with E-state index in [1.165, 1.54) is 17.5 Å². The van der Waals surface area contributed by atoms with Gasteiger partial charge in [-0.2, -0.15) is 0 Å². The second-order valence-electron chi connectivity index (χ2n) is 9.24. The van der Waals surface area contributed by atoms with Crippen LogP contribution in [-0.2, 0) is 6.54 Å². The zero-order chi connectivity index (χ0) is 23.2. The molecule has 0 saturated carbocycles. The third kappa shape index (κ3) is 5.45. The molecule has 3 aromatic rings. The van der Waals surface area contributed by atoms with E-state index in [-0.39, 0.29) is 5.91 Å². The maximum absolute atomic E-state index is 13.1. The van der Waals surface area contributed by atoms with Gasteiger partial charge in [0.15, 0.2) is 5.69 Å². The molecule has 1 aliphatic rings. The lowest BCUT2D eigenvalue weighted by molar-refractivity contribution is 0.0787. The van der Waals surface area contributed by atoms with Gasteiger partial charge >= 0.3 is 0 Å². The maximum Gasteiger partial charge on any atom is 0.274 e. The molecular formula is C27H37N5O. The van der Waals surface area contributed by atoms with Crippen molar-refractivity contribution in [1.29, 1.82) is 0 Å². The van der Waals surface area contributed by atoms with Crippen molar-refractivity contribution in [3.05, 3.63) is 71.2 Å². The normalized spacial score (nSPS) is 16.5. The number of hydrogen-bond donors (Lipinski definition) is 1. The minimum Gasteiger partial charge on any atom is -0.340 e. The van der Waals surface area contributed by atoms with Crippen molar-refractivity contribution in [2.24, 2.45) is 0 Å². The maximum atomic E-state index is 13.1. The third-order valence-electron chi connectivity index (χ3n) is 6.82. The summed E-state index contributed by atoms with van der Waals surface area (Å²) in [6.45, 7) is 9.90. The quantitative estimate of drug-likeness (QED) is 0.476. The van der Waals surface area contributed by atoms with E-state index in [9.17, 15) is 4.79 Å². The van der Waals surface area contributed by atoms with E-state index in [0.29, 0.717) is 18.2 Å². The number of aryl methyl sites for hydroxylation is 1. The monoisotopic (exact) mass is 447 g/mol. The summed E-state index contributed by atoms with van der Waals surface area (Å²) >= 11 is 0. The number of carbonyl (C=O) groups is 1. The number of carbonyl (C=O) groups excluding carboxylic acids is 1. The Bertz CT molecular complexity index is 1080. The van der Waals surface area contributed by atoms with Gasteiger partial charge in [-0.3, -0.25) is 4.79 Å². The van der Waals surface area contributed by atoms with Crippen molar-refractivity contribution in [2.75, 3.05) is 39.8 Å². The summed E-state index contributed by atoms with van der Waals surface area (Å²) in [5.41, 5.74) is 5.22. The lowest BCUT2D eigenvalue weighted by Gasteiger charge is -2.18. The molecule has 1 aromatic carbocycles. The van der Waals surface area contributed by atoms with Crippen LogP contribution in [-0.4, -0.2) is 64.9 Å². The molecule has 0 spiro atoms. The summed E-state index contributed by atoms with van der Waals surface area (Å²) in [7, 11) is 1.87. The molecule has 6 heteroatoms. The number of rotatable bonds is 10. The first-order valence-corrected chi connectivity index (χ1v) is 12.3. The average Bonchev–Trinajstić information content (AvgIpc) is 3.45. The number of benzene rings is 1. The number of amides is 1. The summed E-state index contributed by atoms with van der Waals surface area (Å²) < 4.78 is 2.04. The predicted octanol–water partition coefficient (Wildman–Crippen LogP) is 4.09. The Hall–Kier alpha value is -2.70. The molecular weight excluding hydrogens is 410 g/mol. The number of aromatic nitrogens is 2. The van der Waals surface area contributed by atoms with E-state index in [4.69, 9.17) is 0 Å². The number of unbranched alkanes of at least 4 members (excludes halogenated alkanes) is 1. The summed E-state index contributed by atoms with van der Waals surface area (Å²) in [4.78, 5) is 22.1. The van der Waals surface area contributed by atoms with Gasteiger partial charge in [0.05, 0.1) is 5.69 Å². The summed E-state index contributed by atoms with van der Waals surface area (Å²) in [6.07, 6.45) is 5.29. The van der Waals surface area contributed by atoms with Crippen molar-refractivity contribution in [3.8, 4) is 0 Å². The molecule has 4 rings (SSSR count). The van der Waals surface area contributed by atoms with Gasteiger partial charge in [-0.15, -0.1) is 0 Å². The smallest absolute Gasteiger partial charge is 0.274 e. The molecule has 2 aromatic heterocycles. The van der Waals surface area contributed by atoms with Gasteiger partial charge in [-0.1, -0.05) is 43.7 Å². The minimum absolute atomic E-state index is 0.00423. The van der Waals surface area contributed by atoms with Gasteiger partial charge in [0.2, 0.25) is 0 Å². The highest BCUT2D eigenvalue weighted by Gasteiger charge is 2.25. The van der Waals surface area contributed by atoms with E-state index < -0.39 is 0 Å². The number of fused-ring (bicyclic) bond motifs is 1. The highest BCUT2D eigenvalue weighted by Crippen LogP contribution is 2.28. The summed E-state index contributed by atoms with van der Waals surface area (Å²) in [5, 5.41) is 3.58. The molecule has 1 N–H and O–H groups in total. The summed E-state index contributed by atoms with van der Waals surface area (Å²) in [5.74, 6) is 0.637. The van der Waals surface area contributed by atoms with Crippen molar-refractivity contribution in [2.45, 2.75) is 45.6 Å². The van der Waals surface area contributed by atoms with Crippen LogP contribution in [0.1, 0.15) is 59.4 Å². The number of likely N-dealkylation sites (tertiary alicyclic amines) is 1. The molecule has 3 heterocycles. The zero-order valence-electron chi connectivity index (χ0n) is 20.3. The fraction of sp³-hybridized carbons (Fsp3) is 0.481. The molecule has 0 aliphatic carbocycles. The molecule has 0 radical (unpaired) electrons. The Labute approximate surface area is 197 Å². The molecule has 1 amide bonds. The lowest BCUT2D eigenvalue weighted by atomic mass is 9.94. The Morgan fingerprint density at radius 1 is 1.21 bits per heavy atom. The molecule has 33 heavy (non-hydrogen) atoms. The largest absolute Gasteiger partial charge is 0.340 e. The fourth-order valence-electron chi connectivity index (χ4n) is 4.84. The van der Waals surface area contributed by atoms with Gasteiger partial charge in [0, 0.05) is 46.0 Å². The van der Waals surface area contributed by atoms with Crippen LogP contribution in [0, 0.1) is 6.92 Å². The Kier molecular flexibility index (Phi) is 7.78. The van der Waals surface area contributed by atoms with Gasteiger partial charge in [0.1, 0.15) is 5.65 Å². The van der Waals surface area contributed by atoms with Crippen LogP contribution in [0.25, 0.3) is 5.65 Å². The topological polar surface area (TPSA) is 52.9 Å². The number of imidazole rings is 1. The SMILES string of the molecule is CCCCN(C)C(=O)c1nc2ccccn2c1CNCCN1CCC(c2ccccc2C)C1. The third-order valence-corrected chi connectivity index (χ3v) is 6.82. The highest BCUT2D eigenvalue weighted by atomic mass is 16.2. The van der Waals surface area contributed by atoms with E-state index >= 15 is 0 Å². The van der Waals surface area contributed by atoms with Crippen LogP contribution in [0.2, 0.25) is 0 Å². The molecule has 1 saturated heterocycles. The Morgan fingerprint density at radius 2 is 2.03 bits per heavy atom. The van der Waals surface area contributed by atoms with E-state index in [0.717, 1.165) is 56.9 Å². The average molecular weight is 448 g/mol. The second kappa shape index (κ2) is 10.9. The molecule has 1 fully saturated rings. The first-order valence-electron chi connectivity index (χ1n) is 12.3. The number of nitrogens with one attached hydrogen (secondary N) is 1. The van der Waals surface area contributed by atoms with E-state index in [1.54, 1.807) is 4.90 Å². The molecule has 1 unspecified atom stereocenters.